The Balaban J connectivity index is 2.37. The number of ether oxygens (including phenoxy) is 1. The van der Waals surface area contributed by atoms with Gasteiger partial charge in [-0.05, 0) is 6.07 Å². The Bertz CT molecular complexity index is 296. The van der Waals surface area contributed by atoms with Crippen LogP contribution < -0.4 is 10.9 Å². The molecule has 0 aliphatic rings. The van der Waals surface area contributed by atoms with E-state index in [1.54, 1.807) is 19.4 Å². The van der Waals surface area contributed by atoms with Gasteiger partial charge in [0.15, 0.2) is 0 Å². The first kappa shape index (κ1) is 9.95. The van der Waals surface area contributed by atoms with Gasteiger partial charge < -0.3 is 15.0 Å². The highest BCUT2D eigenvalue weighted by Crippen LogP contribution is 1.87. The van der Waals surface area contributed by atoms with Crippen molar-refractivity contribution in [2.75, 3.05) is 20.3 Å². The summed E-state index contributed by atoms with van der Waals surface area (Å²) < 4.78 is 4.86. The van der Waals surface area contributed by atoms with E-state index in [9.17, 15) is 4.79 Å². The first-order valence-corrected chi connectivity index (χ1v) is 4.21. The highest BCUT2D eigenvalue weighted by molar-refractivity contribution is 5.08. The molecule has 0 fully saturated rings. The van der Waals surface area contributed by atoms with Gasteiger partial charge in [-0.3, -0.25) is 4.79 Å². The van der Waals surface area contributed by atoms with Gasteiger partial charge in [0, 0.05) is 32.0 Å². The standard InChI is InChI=1S/C9H14N2O2/c1-13-6-5-10-7-8-3-2-4-11-9(8)12/h2-4,10H,5-7H2,1H3,(H,11,12). The van der Waals surface area contributed by atoms with Crippen molar-refractivity contribution in [1.29, 1.82) is 0 Å². The number of aromatic amines is 1. The van der Waals surface area contributed by atoms with Gasteiger partial charge in [-0.1, -0.05) is 6.07 Å². The van der Waals surface area contributed by atoms with Crippen LogP contribution in [0, 0.1) is 0 Å². The number of methoxy groups -OCH3 is 1. The summed E-state index contributed by atoms with van der Waals surface area (Å²) in [5.41, 5.74) is 0.714. The molecule has 0 aromatic carbocycles. The summed E-state index contributed by atoms with van der Waals surface area (Å²) in [6.07, 6.45) is 1.63. The minimum Gasteiger partial charge on any atom is -0.383 e. The predicted molar refractivity (Wildman–Crippen MR) is 50.6 cm³/mol. The number of hydrogen-bond donors (Lipinski definition) is 2. The van der Waals surface area contributed by atoms with Gasteiger partial charge in [-0.25, -0.2) is 0 Å². The summed E-state index contributed by atoms with van der Waals surface area (Å²) in [4.78, 5) is 13.8. The van der Waals surface area contributed by atoms with Crippen LogP contribution >= 0.6 is 0 Å². The van der Waals surface area contributed by atoms with Gasteiger partial charge in [0.25, 0.3) is 5.56 Å². The van der Waals surface area contributed by atoms with E-state index in [1.807, 2.05) is 6.07 Å². The summed E-state index contributed by atoms with van der Waals surface area (Å²) >= 11 is 0. The van der Waals surface area contributed by atoms with Crippen LogP contribution in [0.4, 0.5) is 0 Å². The molecular formula is C9H14N2O2. The van der Waals surface area contributed by atoms with Crippen LogP contribution in [0.1, 0.15) is 5.56 Å². The Hall–Kier alpha value is -1.13. The monoisotopic (exact) mass is 182 g/mol. The molecule has 1 heterocycles. The fourth-order valence-electron chi connectivity index (χ4n) is 0.993. The van der Waals surface area contributed by atoms with Gasteiger partial charge in [0.1, 0.15) is 0 Å². The third kappa shape index (κ3) is 3.40. The van der Waals surface area contributed by atoms with E-state index in [0.717, 1.165) is 12.1 Å². The molecule has 0 atom stereocenters. The van der Waals surface area contributed by atoms with Gasteiger partial charge >= 0.3 is 0 Å². The summed E-state index contributed by atoms with van der Waals surface area (Å²) in [5.74, 6) is 0. The molecule has 4 heteroatoms. The fraction of sp³-hybridized carbons (Fsp3) is 0.444. The number of pyridine rings is 1. The Morgan fingerprint density at radius 2 is 2.46 bits per heavy atom. The Morgan fingerprint density at radius 3 is 3.15 bits per heavy atom. The van der Waals surface area contributed by atoms with Crippen molar-refractivity contribution in [3.63, 3.8) is 0 Å². The number of H-pyrrole nitrogens is 1. The highest BCUT2D eigenvalue weighted by atomic mass is 16.5. The summed E-state index contributed by atoms with van der Waals surface area (Å²) in [6.45, 7) is 2.00. The molecular weight excluding hydrogens is 168 g/mol. The fourth-order valence-corrected chi connectivity index (χ4v) is 0.993. The van der Waals surface area contributed by atoms with Crippen LogP contribution in [0.5, 0.6) is 0 Å². The lowest BCUT2D eigenvalue weighted by Gasteiger charge is -2.02. The molecule has 0 saturated heterocycles. The van der Waals surface area contributed by atoms with E-state index in [1.165, 1.54) is 0 Å². The molecule has 0 aliphatic heterocycles. The van der Waals surface area contributed by atoms with Crippen LogP contribution in [0.2, 0.25) is 0 Å². The number of rotatable bonds is 5. The van der Waals surface area contributed by atoms with E-state index in [2.05, 4.69) is 10.3 Å². The van der Waals surface area contributed by atoms with Crippen LogP contribution in [0.3, 0.4) is 0 Å². The normalized spacial score (nSPS) is 10.2. The number of hydrogen-bond acceptors (Lipinski definition) is 3. The van der Waals surface area contributed by atoms with Crippen LogP contribution in [-0.2, 0) is 11.3 Å². The topological polar surface area (TPSA) is 54.1 Å². The maximum absolute atomic E-state index is 11.2. The second-order valence-corrected chi connectivity index (χ2v) is 2.69. The zero-order valence-electron chi connectivity index (χ0n) is 7.67. The SMILES string of the molecule is COCCNCc1ccc[nH]c1=O. The average Bonchev–Trinajstić information content (AvgIpc) is 2.15. The molecule has 0 saturated carbocycles. The van der Waals surface area contributed by atoms with E-state index < -0.39 is 0 Å². The molecule has 72 valence electrons. The Labute approximate surface area is 76.9 Å². The lowest BCUT2D eigenvalue weighted by atomic mass is 10.3. The van der Waals surface area contributed by atoms with Crippen molar-refractivity contribution in [2.24, 2.45) is 0 Å². The Kier molecular flexibility index (Phi) is 4.21. The van der Waals surface area contributed by atoms with Crippen molar-refractivity contribution in [1.82, 2.24) is 10.3 Å². The van der Waals surface area contributed by atoms with E-state index in [-0.39, 0.29) is 5.56 Å². The molecule has 0 spiro atoms. The molecule has 4 nitrogen and oxygen atoms in total. The van der Waals surface area contributed by atoms with Crippen molar-refractivity contribution in [3.05, 3.63) is 34.2 Å². The molecule has 1 rings (SSSR count). The molecule has 0 radical (unpaired) electrons. The highest BCUT2D eigenvalue weighted by Gasteiger charge is 1.95. The summed E-state index contributed by atoms with van der Waals surface area (Å²) in [6, 6.07) is 3.62. The Morgan fingerprint density at radius 1 is 1.62 bits per heavy atom. The third-order valence-electron chi connectivity index (χ3n) is 1.70. The lowest BCUT2D eigenvalue weighted by Crippen LogP contribution is -2.23. The smallest absolute Gasteiger partial charge is 0.252 e. The van der Waals surface area contributed by atoms with Crippen molar-refractivity contribution < 1.29 is 4.74 Å². The maximum atomic E-state index is 11.2. The molecule has 13 heavy (non-hydrogen) atoms. The number of aromatic nitrogens is 1. The maximum Gasteiger partial charge on any atom is 0.252 e. The molecule has 1 aromatic rings. The second-order valence-electron chi connectivity index (χ2n) is 2.69. The zero-order chi connectivity index (χ0) is 9.52. The summed E-state index contributed by atoms with van der Waals surface area (Å²) in [7, 11) is 1.65. The zero-order valence-corrected chi connectivity index (χ0v) is 7.67. The second kappa shape index (κ2) is 5.50. The minimum absolute atomic E-state index is 0.0348. The van der Waals surface area contributed by atoms with Gasteiger partial charge in [0.05, 0.1) is 6.61 Å². The van der Waals surface area contributed by atoms with Crippen LogP contribution in [0.25, 0.3) is 0 Å². The van der Waals surface area contributed by atoms with Gasteiger partial charge in [-0.15, -0.1) is 0 Å². The summed E-state index contributed by atoms with van der Waals surface area (Å²) in [5, 5.41) is 3.10. The van der Waals surface area contributed by atoms with Crippen molar-refractivity contribution >= 4 is 0 Å². The van der Waals surface area contributed by atoms with E-state index in [0.29, 0.717) is 13.2 Å². The van der Waals surface area contributed by atoms with Gasteiger partial charge in [0.2, 0.25) is 0 Å². The molecule has 1 aromatic heterocycles. The average molecular weight is 182 g/mol. The predicted octanol–water partition coefficient (Wildman–Crippen LogP) is 0.111. The molecule has 0 unspecified atom stereocenters. The van der Waals surface area contributed by atoms with Crippen LogP contribution in [0.15, 0.2) is 23.1 Å². The first-order valence-electron chi connectivity index (χ1n) is 4.21. The quantitative estimate of drug-likeness (QED) is 0.635. The molecule has 0 bridgehead atoms. The van der Waals surface area contributed by atoms with Crippen molar-refractivity contribution in [3.8, 4) is 0 Å². The van der Waals surface area contributed by atoms with E-state index >= 15 is 0 Å². The molecule has 2 N–H and O–H groups in total. The third-order valence-corrected chi connectivity index (χ3v) is 1.70. The lowest BCUT2D eigenvalue weighted by molar-refractivity contribution is 0.199. The largest absolute Gasteiger partial charge is 0.383 e. The molecule has 0 amide bonds. The first-order chi connectivity index (χ1) is 6.34. The van der Waals surface area contributed by atoms with Gasteiger partial charge in [-0.2, -0.15) is 0 Å². The minimum atomic E-state index is -0.0348. The molecule has 0 aliphatic carbocycles. The van der Waals surface area contributed by atoms with Crippen LogP contribution in [-0.4, -0.2) is 25.2 Å². The number of nitrogens with one attached hydrogen (secondary N) is 2. The van der Waals surface area contributed by atoms with Crippen molar-refractivity contribution in [2.45, 2.75) is 6.54 Å². The van der Waals surface area contributed by atoms with E-state index in [4.69, 9.17) is 4.74 Å².